The molecule has 0 spiro atoms. The summed E-state index contributed by atoms with van der Waals surface area (Å²) >= 11 is 0.348. The summed E-state index contributed by atoms with van der Waals surface area (Å²) in [5.74, 6) is 0.418. The topological polar surface area (TPSA) is 48.3 Å². The van der Waals surface area contributed by atoms with E-state index in [9.17, 15) is 4.55 Å². The lowest BCUT2D eigenvalue weighted by Crippen LogP contribution is -2.26. The highest BCUT2D eigenvalue weighted by atomic mass is 32.2. The maximum atomic E-state index is 11.9. The van der Waals surface area contributed by atoms with Crippen LogP contribution in [0.4, 0.5) is 0 Å². The van der Waals surface area contributed by atoms with E-state index in [1.807, 2.05) is 33.1 Å². The van der Waals surface area contributed by atoms with Crippen LogP contribution in [0.25, 0.3) is 0 Å². The highest BCUT2D eigenvalue weighted by Gasteiger charge is 2.27. The third-order valence-electron chi connectivity index (χ3n) is 2.17. The molecule has 1 aromatic heterocycles. The fraction of sp³-hybridized carbons (Fsp3) is 0.667. The molecule has 0 saturated heterocycles. The van der Waals surface area contributed by atoms with Crippen LogP contribution in [0.1, 0.15) is 58.2 Å². The average Bonchev–Trinajstić information content (AvgIpc) is 2.64. The van der Waals surface area contributed by atoms with Gasteiger partial charge in [0.05, 0.1) is 5.69 Å². The fourth-order valence-corrected chi connectivity index (χ4v) is 2.62. The Labute approximate surface area is 111 Å². The first kappa shape index (κ1) is 14.7. The molecule has 0 aliphatic heterocycles. The lowest BCUT2D eigenvalue weighted by molar-refractivity contribution is 0.561. The minimum absolute atomic E-state index is 0.320. The van der Waals surface area contributed by atoms with Gasteiger partial charge in [0.2, 0.25) is 0 Å². The highest BCUT2D eigenvalue weighted by molar-refractivity contribution is 7.91. The van der Waals surface area contributed by atoms with E-state index < -0.39 is 11.4 Å². The third kappa shape index (κ3) is 4.08. The number of rotatable bonds is 3. The van der Waals surface area contributed by atoms with Crippen molar-refractivity contribution in [2.24, 2.45) is 4.40 Å². The average molecular weight is 272 g/mol. The van der Waals surface area contributed by atoms with Crippen LogP contribution in [-0.2, 0) is 11.4 Å². The number of nitrogens with zero attached hydrogens (tertiary/aromatic N) is 2. The van der Waals surface area contributed by atoms with Gasteiger partial charge in [-0.1, -0.05) is 18.2 Å². The van der Waals surface area contributed by atoms with Crippen molar-refractivity contribution in [3.05, 3.63) is 16.1 Å². The molecule has 5 heteroatoms. The molecule has 1 heterocycles. The SMILES string of the molecule is CC(=N[S+]([O-])C(C)(C)C)c1nc(C(C)C)cs1. The molecule has 0 aromatic carbocycles. The maximum Gasteiger partial charge on any atom is 0.144 e. The maximum absolute atomic E-state index is 11.9. The molecule has 0 fully saturated rings. The first-order valence-corrected chi connectivity index (χ1v) is 7.63. The van der Waals surface area contributed by atoms with Gasteiger partial charge >= 0.3 is 0 Å². The van der Waals surface area contributed by atoms with Crippen molar-refractivity contribution in [1.29, 1.82) is 0 Å². The quantitative estimate of drug-likeness (QED) is 0.624. The molecule has 3 nitrogen and oxygen atoms in total. The molecule has 17 heavy (non-hydrogen) atoms. The highest BCUT2D eigenvalue weighted by Crippen LogP contribution is 2.21. The van der Waals surface area contributed by atoms with Gasteiger partial charge in [-0.3, -0.25) is 0 Å². The lowest BCUT2D eigenvalue weighted by atomic mass is 10.2. The van der Waals surface area contributed by atoms with Gasteiger partial charge in [0.15, 0.2) is 0 Å². The Morgan fingerprint density at radius 1 is 1.47 bits per heavy atom. The van der Waals surface area contributed by atoms with Gasteiger partial charge in [-0.05, 0) is 33.6 Å². The molecule has 0 radical (unpaired) electrons. The summed E-state index contributed by atoms with van der Waals surface area (Å²) in [6, 6.07) is 0. The van der Waals surface area contributed by atoms with Crippen molar-refractivity contribution in [3.63, 3.8) is 0 Å². The van der Waals surface area contributed by atoms with E-state index in [4.69, 9.17) is 0 Å². The second-order valence-electron chi connectivity index (χ2n) is 5.27. The molecule has 1 atom stereocenters. The van der Waals surface area contributed by atoms with E-state index in [2.05, 4.69) is 23.2 Å². The van der Waals surface area contributed by atoms with Crippen LogP contribution >= 0.6 is 11.3 Å². The summed E-state index contributed by atoms with van der Waals surface area (Å²) in [6.07, 6.45) is 0. The van der Waals surface area contributed by atoms with E-state index in [1.165, 1.54) is 0 Å². The van der Waals surface area contributed by atoms with E-state index >= 15 is 0 Å². The van der Waals surface area contributed by atoms with Gasteiger partial charge in [-0.25, -0.2) is 4.98 Å². The largest absolute Gasteiger partial charge is 0.591 e. The first-order valence-electron chi connectivity index (χ1n) is 5.65. The summed E-state index contributed by atoms with van der Waals surface area (Å²) in [7, 11) is 0. The zero-order valence-corrected chi connectivity index (χ0v) is 12.9. The standard InChI is InChI=1S/C12H20N2OS2/c1-8(2)10-7-16-11(13-10)9(3)14-17(15)12(4,5)6/h7-8H,1-6H3. The Balaban J connectivity index is 2.88. The summed E-state index contributed by atoms with van der Waals surface area (Å²) < 4.78 is 15.8. The molecule has 0 amide bonds. The van der Waals surface area contributed by atoms with Crippen LogP contribution in [0.3, 0.4) is 0 Å². The Morgan fingerprint density at radius 3 is 2.47 bits per heavy atom. The van der Waals surface area contributed by atoms with Crippen LogP contribution in [0.2, 0.25) is 0 Å². The first-order chi connectivity index (χ1) is 7.71. The van der Waals surface area contributed by atoms with Crippen molar-refractivity contribution in [3.8, 4) is 0 Å². The number of thiazole rings is 1. The van der Waals surface area contributed by atoms with E-state index in [0.29, 0.717) is 5.92 Å². The van der Waals surface area contributed by atoms with Gasteiger partial charge in [0.25, 0.3) is 0 Å². The van der Waals surface area contributed by atoms with Crippen LogP contribution in [0, 0.1) is 0 Å². The van der Waals surface area contributed by atoms with Crippen LogP contribution in [-0.4, -0.2) is 20.0 Å². The zero-order valence-electron chi connectivity index (χ0n) is 11.3. The number of hydrogen-bond acceptors (Lipinski definition) is 4. The lowest BCUT2D eigenvalue weighted by Gasteiger charge is -2.18. The van der Waals surface area contributed by atoms with Crippen molar-refractivity contribution in [2.75, 3.05) is 0 Å². The summed E-state index contributed by atoms with van der Waals surface area (Å²) in [5.41, 5.74) is 1.83. The van der Waals surface area contributed by atoms with Crippen molar-refractivity contribution < 1.29 is 4.55 Å². The molecule has 1 unspecified atom stereocenters. The molecule has 0 aliphatic carbocycles. The molecule has 1 rings (SSSR count). The van der Waals surface area contributed by atoms with Crippen LogP contribution in [0.5, 0.6) is 0 Å². The van der Waals surface area contributed by atoms with E-state index in [-0.39, 0.29) is 4.75 Å². The van der Waals surface area contributed by atoms with Gasteiger partial charge in [0.1, 0.15) is 26.8 Å². The number of hydrogen-bond donors (Lipinski definition) is 0. The zero-order chi connectivity index (χ0) is 13.2. The van der Waals surface area contributed by atoms with Gasteiger partial charge in [-0.15, -0.1) is 11.3 Å². The van der Waals surface area contributed by atoms with E-state index in [0.717, 1.165) is 16.4 Å². The van der Waals surface area contributed by atoms with E-state index in [1.54, 1.807) is 11.3 Å². The minimum Gasteiger partial charge on any atom is -0.591 e. The Kier molecular flexibility index (Phi) is 4.75. The Hall–Kier alpha value is -0.390. The smallest absolute Gasteiger partial charge is 0.144 e. The molecule has 96 valence electrons. The van der Waals surface area contributed by atoms with Crippen LogP contribution < -0.4 is 0 Å². The molecule has 1 aromatic rings. The summed E-state index contributed by atoms with van der Waals surface area (Å²) in [6.45, 7) is 11.8. The van der Waals surface area contributed by atoms with Crippen molar-refractivity contribution in [2.45, 2.75) is 52.2 Å². The minimum atomic E-state index is -1.21. The number of aromatic nitrogens is 1. The van der Waals surface area contributed by atoms with Crippen molar-refractivity contribution >= 4 is 28.4 Å². The monoisotopic (exact) mass is 272 g/mol. The van der Waals surface area contributed by atoms with Gasteiger partial charge < -0.3 is 4.55 Å². The molecular weight excluding hydrogens is 252 g/mol. The fourth-order valence-electron chi connectivity index (χ4n) is 1.02. The normalized spacial score (nSPS) is 15.4. The van der Waals surface area contributed by atoms with Gasteiger partial charge in [-0.2, -0.15) is 0 Å². The molecular formula is C12H20N2OS2. The molecule has 0 aliphatic rings. The molecule has 0 N–H and O–H groups in total. The second kappa shape index (κ2) is 5.50. The van der Waals surface area contributed by atoms with Gasteiger partial charge in [0, 0.05) is 5.38 Å². The molecule has 0 saturated carbocycles. The Bertz CT molecular complexity index is 405. The molecule has 0 bridgehead atoms. The third-order valence-corrected chi connectivity index (χ3v) is 4.62. The Morgan fingerprint density at radius 2 is 2.06 bits per heavy atom. The summed E-state index contributed by atoms with van der Waals surface area (Å²) in [5, 5.41) is 2.91. The van der Waals surface area contributed by atoms with Crippen molar-refractivity contribution in [1.82, 2.24) is 4.98 Å². The second-order valence-corrected chi connectivity index (χ2v) is 8.03. The predicted molar refractivity (Wildman–Crippen MR) is 76.3 cm³/mol. The summed E-state index contributed by atoms with van der Waals surface area (Å²) in [4.78, 5) is 4.50. The van der Waals surface area contributed by atoms with Crippen LogP contribution in [0.15, 0.2) is 9.78 Å². The predicted octanol–water partition coefficient (Wildman–Crippen LogP) is 3.54.